The molecule has 1 N–H and O–H groups in total. The Hall–Kier alpha value is -3.82. The van der Waals surface area contributed by atoms with Crippen molar-refractivity contribution < 1.29 is 17.6 Å². The lowest BCUT2D eigenvalue weighted by Crippen LogP contribution is -2.09. The molecule has 168 valence electrons. The van der Waals surface area contributed by atoms with Crippen molar-refractivity contribution in [3.8, 4) is 27.9 Å². The van der Waals surface area contributed by atoms with E-state index in [1.54, 1.807) is 25.6 Å². The predicted octanol–water partition coefficient (Wildman–Crippen LogP) is 5.06. The van der Waals surface area contributed by atoms with Gasteiger partial charge in [0.05, 0.1) is 11.4 Å². The fourth-order valence-electron chi connectivity index (χ4n) is 4.12. The smallest absolute Gasteiger partial charge is 0.388 e. The molecule has 0 fully saturated rings. The van der Waals surface area contributed by atoms with Gasteiger partial charge in [0.25, 0.3) is 0 Å². The zero-order valence-electron chi connectivity index (χ0n) is 17.7. The molecule has 1 aromatic carbocycles. The van der Waals surface area contributed by atoms with Crippen LogP contribution in [-0.2, 0) is 19.0 Å². The molecule has 10 heteroatoms. The molecule has 0 bridgehead atoms. The van der Waals surface area contributed by atoms with E-state index in [1.165, 1.54) is 23.0 Å². The molecule has 0 amide bonds. The summed E-state index contributed by atoms with van der Waals surface area (Å²) in [6.07, 6.45) is 2.49. The largest absolute Gasteiger partial charge is 0.435 e. The summed E-state index contributed by atoms with van der Waals surface area (Å²) in [5, 5.41) is 6.79. The third kappa shape index (κ3) is 3.51. The molecule has 0 radical (unpaired) electrons. The van der Waals surface area contributed by atoms with Crippen molar-refractivity contribution in [2.75, 3.05) is 12.4 Å². The molecular formula is C23H18F4N6. The average Bonchev–Trinajstić information content (AvgIpc) is 3.43. The lowest BCUT2D eigenvalue weighted by atomic mass is 9.99. The Labute approximate surface area is 186 Å². The predicted molar refractivity (Wildman–Crippen MR) is 115 cm³/mol. The van der Waals surface area contributed by atoms with E-state index >= 15 is 0 Å². The number of nitrogens with one attached hydrogen (secondary N) is 1. The van der Waals surface area contributed by atoms with E-state index in [0.29, 0.717) is 58.0 Å². The van der Waals surface area contributed by atoms with Gasteiger partial charge < -0.3 is 5.32 Å². The van der Waals surface area contributed by atoms with E-state index in [4.69, 9.17) is 0 Å². The van der Waals surface area contributed by atoms with Crippen LogP contribution in [0.4, 0.5) is 23.2 Å². The maximum Gasteiger partial charge on any atom is 0.435 e. The van der Waals surface area contributed by atoms with Crippen molar-refractivity contribution in [3.05, 3.63) is 71.6 Å². The maximum absolute atomic E-state index is 14.5. The molecule has 4 aromatic rings. The van der Waals surface area contributed by atoms with E-state index in [1.807, 2.05) is 6.92 Å². The molecule has 1 aliphatic rings. The second-order valence-corrected chi connectivity index (χ2v) is 7.63. The van der Waals surface area contributed by atoms with Crippen molar-refractivity contribution in [2.45, 2.75) is 25.9 Å². The van der Waals surface area contributed by atoms with Crippen LogP contribution < -0.4 is 5.32 Å². The van der Waals surface area contributed by atoms with Gasteiger partial charge >= 0.3 is 6.18 Å². The number of aromatic nitrogens is 5. The topological polar surface area (TPSA) is 68.5 Å². The summed E-state index contributed by atoms with van der Waals surface area (Å²) in [6.45, 7) is 1.92. The summed E-state index contributed by atoms with van der Waals surface area (Å²) in [5.74, 6) is 0.174. The minimum absolute atomic E-state index is 0.370. The Kier molecular flexibility index (Phi) is 4.88. The van der Waals surface area contributed by atoms with Gasteiger partial charge in [0, 0.05) is 67.1 Å². The molecule has 0 aliphatic heterocycles. The van der Waals surface area contributed by atoms with Gasteiger partial charge in [-0.1, -0.05) is 6.92 Å². The second-order valence-electron chi connectivity index (χ2n) is 7.63. The number of nitrogens with zero attached hydrogens (tertiary/aromatic N) is 5. The van der Waals surface area contributed by atoms with Crippen LogP contribution in [0.2, 0.25) is 0 Å². The van der Waals surface area contributed by atoms with Gasteiger partial charge in [-0.15, -0.1) is 0 Å². The first kappa shape index (κ1) is 21.0. The number of hydrogen-bond acceptors (Lipinski definition) is 5. The van der Waals surface area contributed by atoms with Crippen molar-refractivity contribution in [3.63, 3.8) is 0 Å². The number of halogens is 4. The van der Waals surface area contributed by atoms with Crippen LogP contribution in [0, 0.1) is 5.82 Å². The number of pyridine rings is 1. The van der Waals surface area contributed by atoms with Crippen LogP contribution in [-0.4, -0.2) is 31.8 Å². The Morgan fingerprint density at radius 2 is 1.82 bits per heavy atom. The van der Waals surface area contributed by atoms with E-state index in [-0.39, 0.29) is 0 Å². The summed E-state index contributed by atoms with van der Waals surface area (Å²) in [7, 11) is 1.69. The lowest BCUT2D eigenvalue weighted by molar-refractivity contribution is -0.141. The quantitative estimate of drug-likeness (QED) is 0.385. The minimum Gasteiger partial charge on any atom is -0.388 e. The number of hydrogen-bond donors (Lipinski definition) is 1. The molecule has 0 atom stereocenters. The molecular weight excluding hydrogens is 436 g/mol. The average molecular weight is 454 g/mol. The van der Waals surface area contributed by atoms with Gasteiger partial charge in [0.15, 0.2) is 5.69 Å². The first-order chi connectivity index (χ1) is 15.8. The van der Waals surface area contributed by atoms with Gasteiger partial charge in [0.2, 0.25) is 0 Å². The van der Waals surface area contributed by atoms with Gasteiger partial charge in [-0.3, -0.25) is 4.98 Å². The minimum atomic E-state index is -4.60. The van der Waals surface area contributed by atoms with E-state index in [0.717, 1.165) is 11.6 Å². The van der Waals surface area contributed by atoms with Gasteiger partial charge in [0.1, 0.15) is 11.6 Å². The first-order valence-electron chi connectivity index (χ1n) is 10.3. The molecule has 3 aromatic heterocycles. The van der Waals surface area contributed by atoms with Gasteiger partial charge in [-0.25, -0.2) is 19.0 Å². The highest BCUT2D eigenvalue weighted by atomic mass is 19.4. The highest BCUT2D eigenvalue weighted by molar-refractivity contribution is 5.91. The van der Waals surface area contributed by atoms with Crippen LogP contribution >= 0.6 is 0 Å². The zero-order chi connectivity index (χ0) is 23.3. The zero-order valence-corrected chi connectivity index (χ0v) is 17.7. The molecule has 0 spiro atoms. The van der Waals surface area contributed by atoms with E-state index in [2.05, 4.69) is 25.4 Å². The Morgan fingerprint density at radius 1 is 1.06 bits per heavy atom. The van der Waals surface area contributed by atoms with Crippen molar-refractivity contribution in [1.29, 1.82) is 0 Å². The molecule has 5 rings (SSSR count). The molecule has 0 saturated carbocycles. The molecule has 0 saturated heterocycles. The number of alkyl halides is 3. The van der Waals surface area contributed by atoms with E-state index in [9.17, 15) is 17.6 Å². The highest BCUT2D eigenvalue weighted by Crippen LogP contribution is 2.46. The van der Waals surface area contributed by atoms with Crippen LogP contribution in [0.3, 0.4) is 0 Å². The molecule has 0 unspecified atom stereocenters. The molecule has 33 heavy (non-hydrogen) atoms. The summed E-state index contributed by atoms with van der Waals surface area (Å²) < 4.78 is 55.6. The van der Waals surface area contributed by atoms with Gasteiger partial charge in [-0.05, 0) is 29.3 Å². The molecule has 3 heterocycles. The molecule has 6 nitrogen and oxygen atoms in total. The number of aryl methyl sites for hydroxylation is 1. The Morgan fingerprint density at radius 3 is 2.45 bits per heavy atom. The van der Waals surface area contributed by atoms with E-state index < -0.39 is 17.7 Å². The summed E-state index contributed by atoms with van der Waals surface area (Å²) >= 11 is 0. The number of benzene rings is 1. The highest BCUT2D eigenvalue weighted by Gasteiger charge is 2.35. The van der Waals surface area contributed by atoms with Crippen LogP contribution in [0.5, 0.6) is 0 Å². The number of rotatable bonds is 4. The summed E-state index contributed by atoms with van der Waals surface area (Å²) in [5.41, 5.74) is 3.56. The maximum atomic E-state index is 14.5. The summed E-state index contributed by atoms with van der Waals surface area (Å²) in [4.78, 5) is 13.2. The van der Waals surface area contributed by atoms with Gasteiger partial charge in [-0.2, -0.15) is 18.3 Å². The third-order valence-corrected chi connectivity index (χ3v) is 5.67. The second kappa shape index (κ2) is 7.65. The third-order valence-electron chi connectivity index (χ3n) is 5.67. The first-order valence-corrected chi connectivity index (χ1v) is 10.3. The van der Waals surface area contributed by atoms with Crippen molar-refractivity contribution >= 4 is 5.69 Å². The standard InChI is InChI=1S/C23H18F4N6/c1-3-20-30-9-12(10-31-20)16-11-29-18-8-14-15(6-13(24)7-17(14)28-2)21(18)22(16)33-5-4-19(32-33)23(25,26)27/h4-7,9-11,28H,3,8H2,1-2H3. The monoisotopic (exact) mass is 454 g/mol. The van der Waals surface area contributed by atoms with Crippen molar-refractivity contribution in [2.24, 2.45) is 0 Å². The molecule has 1 aliphatic carbocycles. The normalized spacial score (nSPS) is 12.5. The number of fused-ring (bicyclic) bond motifs is 3. The fraction of sp³-hybridized carbons (Fsp3) is 0.217. The summed E-state index contributed by atoms with van der Waals surface area (Å²) in [6, 6.07) is 3.67. The SMILES string of the molecule is CCc1ncc(-c2cnc3c(c2-n2ccc(C(F)(F)F)n2)-c2cc(F)cc(NC)c2C3)cn1. The Bertz CT molecular complexity index is 1360. The van der Waals surface area contributed by atoms with Crippen molar-refractivity contribution in [1.82, 2.24) is 24.7 Å². The lowest BCUT2D eigenvalue weighted by Gasteiger charge is -2.16. The van der Waals surface area contributed by atoms with Crippen LogP contribution in [0.1, 0.15) is 29.7 Å². The van der Waals surface area contributed by atoms with Crippen LogP contribution in [0.15, 0.2) is 43.0 Å². The Balaban J connectivity index is 1.80. The fourth-order valence-corrected chi connectivity index (χ4v) is 4.12. The van der Waals surface area contributed by atoms with Crippen LogP contribution in [0.25, 0.3) is 27.9 Å². The number of anilines is 1.